The van der Waals surface area contributed by atoms with E-state index in [1.54, 1.807) is 30.6 Å². The highest BCUT2D eigenvalue weighted by Crippen LogP contribution is 2.16. The molecule has 0 saturated carbocycles. The molecule has 3 amide bonds. The average molecular weight is 338 g/mol. The molecule has 0 unspecified atom stereocenters. The molecule has 7 nitrogen and oxygen atoms in total. The Morgan fingerprint density at radius 1 is 1.12 bits per heavy atom. The van der Waals surface area contributed by atoms with Crippen LogP contribution >= 0.6 is 0 Å². The summed E-state index contributed by atoms with van der Waals surface area (Å²) in [5.41, 5.74) is 2.20. The second-order valence-electron chi connectivity index (χ2n) is 5.34. The van der Waals surface area contributed by atoms with Crippen molar-refractivity contribution in [1.82, 2.24) is 20.2 Å². The van der Waals surface area contributed by atoms with Crippen molar-refractivity contribution in [3.8, 4) is 5.75 Å². The first-order chi connectivity index (χ1) is 12.2. The van der Waals surface area contributed by atoms with Crippen LogP contribution in [0.15, 0.2) is 54.9 Å². The number of nitrogens with one attached hydrogen (secondary N) is 2. The van der Waals surface area contributed by atoms with Crippen LogP contribution in [-0.4, -0.2) is 35.1 Å². The van der Waals surface area contributed by atoms with E-state index >= 15 is 0 Å². The number of aromatic nitrogens is 2. The van der Waals surface area contributed by atoms with E-state index in [1.807, 2.05) is 28.8 Å². The van der Waals surface area contributed by atoms with Crippen molar-refractivity contribution in [3.05, 3.63) is 60.4 Å². The van der Waals surface area contributed by atoms with Crippen molar-refractivity contribution < 1.29 is 14.3 Å². The van der Waals surface area contributed by atoms with Crippen LogP contribution in [0.5, 0.6) is 5.75 Å². The number of imide groups is 1. The van der Waals surface area contributed by atoms with Gasteiger partial charge < -0.3 is 14.6 Å². The number of benzene rings is 2. The van der Waals surface area contributed by atoms with E-state index in [-0.39, 0.29) is 0 Å². The molecule has 0 aliphatic carbocycles. The third kappa shape index (κ3) is 3.77. The summed E-state index contributed by atoms with van der Waals surface area (Å²) in [5.74, 6) is -0.0966. The lowest BCUT2D eigenvalue weighted by atomic mass is 10.2. The second kappa shape index (κ2) is 7.48. The Hall–Kier alpha value is -3.35. The predicted molar refractivity (Wildman–Crippen MR) is 93.6 cm³/mol. The highest BCUT2D eigenvalue weighted by atomic mass is 16.5. The Bertz CT molecular complexity index is 904. The molecule has 1 aromatic heterocycles. The third-order valence-corrected chi connectivity index (χ3v) is 3.74. The van der Waals surface area contributed by atoms with Gasteiger partial charge in [-0.05, 0) is 24.3 Å². The molecule has 0 aliphatic rings. The van der Waals surface area contributed by atoms with E-state index in [0.717, 1.165) is 11.0 Å². The number of hydrogen-bond acceptors (Lipinski definition) is 4. The number of imidazole rings is 1. The average Bonchev–Trinajstić information content (AvgIpc) is 3.05. The quantitative estimate of drug-likeness (QED) is 0.747. The molecular weight excluding hydrogens is 320 g/mol. The van der Waals surface area contributed by atoms with Crippen LogP contribution in [0.25, 0.3) is 11.0 Å². The molecular formula is C18H18N4O3. The van der Waals surface area contributed by atoms with Gasteiger partial charge in [-0.1, -0.05) is 24.3 Å². The number of methoxy groups -OCH3 is 1. The maximum Gasteiger partial charge on any atom is 0.321 e. The fraction of sp³-hybridized carbons (Fsp3) is 0.167. The fourth-order valence-corrected chi connectivity index (χ4v) is 2.53. The van der Waals surface area contributed by atoms with E-state index in [1.165, 1.54) is 7.11 Å². The largest absolute Gasteiger partial charge is 0.496 e. The van der Waals surface area contributed by atoms with Gasteiger partial charge in [-0.25, -0.2) is 9.78 Å². The van der Waals surface area contributed by atoms with Gasteiger partial charge in [0.1, 0.15) is 5.75 Å². The lowest BCUT2D eigenvalue weighted by Crippen LogP contribution is -2.40. The molecule has 2 N–H and O–H groups in total. The number of rotatable bonds is 5. The summed E-state index contributed by atoms with van der Waals surface area (Å²) in [6, 6.07) is 13.9. The van der Waals surface area contributed by atoms with Crippen molar-refractivity contribution in [2.45, 2.75) is 6.54 Å². The molecule has 0 bridgehead atoms. The minimum atomic E-state index is -0.555. The molecule has 25 heavy (non-hydrogen) atoms. The van der Waals surface area contributed by atoms with Gasteiger partial charge in [0.2, 0.25) is 0 Å². The SMILES string of the molecule is COc1ccccc1C(=O)NC(=O)NCCn1cnc2ccccc21. The lowest BCUT2D eigenvalue weighted by Gasteiger charge is -2.10. The third-order valence-electron chi connectivity index (χ3n) is 3.74. The van der Waals surface area contributed by atoms with Gasteiger partial charge in [0.25, 0.3) is 5.91 Å². The summed E-state index contributed by atoms with van der Waals surface area (Å²) in [5, 5.41) is 4.96. The van der Waals surface area contributed by atoms with Crippen LogP contribution in [0.1, 0.15) is 10.4 Å². The summed E-state index contributed by atoms with van der Waals surface area (Å²) in [6.45, 7) is 0.919. The Kier molecular flexibility index (Phi) is 4.94. The van der Waals surface area contributed by atoms with Crippen LogP contribution in [-0.2, 0) is 6.54 Å². The molecule has 0 radical (unpaired) electrons. The molecule has 3 rings (SSSR count). The predicted octanol–water partition coefficient (Wildman–Crippen LogP) is 2.18. The van der Waals surface area contributed by atoms with Gasteiger partial charge in [0, 0.05) is 13.1 Å². The molecule has 0 aliphatic heterocycles. The molecule has 7 heteroatoms. The molecule has 0 atom stereocenters. The fourth-order valence-electron chi connectivity index (χ4n) is 2.53. The minimum Gasteiger partial charge on any atom is -0.496 e. The molecule has 2 aromatic carbocycles. The van der Waals surface area contributed by atoms with Gasteiger partial charge >= 0.3 is 6.03 Å². The van der Waals surface area contributed by atoms with Crippen molar-refractivity contribution >= 4 is 23.0 Å². The molecule has 0 saturated heterocycles. The highest BCUT2D eigenvalue weighted by Gasteiger charge is 2.14. The van der Waals surface area contributed by atoms with E-state index < -0.39 is 11.9 Å². The van der Waals surface area contributed by atoms with Gasteiger partial charge in [0.15, 0.2) is 0 Å². The van der Waals surface area contributed by atoms with Gasteiger partial charge in [-0.15, -0.1) is 0 Å². The van der Waals surface area contributed by atoms with Crippen LogP contribution in [0.3, 0.4) is 0 Å². The monoisotopic (exact) mass is 338 g/mol. The topological polar surface area (TPSA) is 85.2 Å². The molecule has 1 heterocycles. The van der Waals surface area contributed by atoms with Crippen LogP contribution in [0, 0.1) is 0 Å². The first-order valence-electron chi connectivity index (χ1n) is 7.81. The number of urea groups is 1. The normalized spacial score (nSPS) is 10.4. The molecule has 128 valence electrons. The van der Waals surface area contributed by atoms with Crippen molar-refractivity contribution in [2.24, 2.45) is 0 Å². The summed E-state index contributed by atoms with van der Waals surface area (Å²) >= 11 is 0. The van der Waals surface area contributed by atoms with Gasteiger partial charge in [-0.2, -0.15) is 0 Å². The van der Waals surface area contributed by atoms with Crippen molar-refractivity contribution in [1.29, 1.82) is 0 Å². The Labute approximate surface area is 144 Å². The first-order valence-corrected chi connectivity index (χ1v) is 7.81. The van der Waals surface area contributed by atoms with E-state index in [2.05, 4.69) is 15.6 Å². The van der Waals surface area contributed by atoms with Crippen LogP contribution in [0.4, 0.5) is 4.79 Å². The number of amides is 3. The molecule has 0 fully saturated rings. The Balaban J connectivity index is 1.54. The van der Waals surface area contributed by atoms with Crippen LogP contribution in [0.2, 0.25) is 0 Å². The summed E-state index contributed by atoms with van der Waals surface area (Å²) < 4.78 is 7.06. The standard InChI is InChI=1S/C18H18N4O3/c1-25-16-9-5-2-6-13(16)17(23)21-18(24)19-10-11-22-12-20-14-7-3-4-8-15(14)22/h2-9,12H,10-11H2,1H3,(H2,19,21,23,24). The molecule has 3 aromatic rings. The van der Waals surface area contributed by atoms with Crippen LogP contribution < -0.4 is 15.4 Å². The number of fused-ring (bicyclic) bond motifs is 1. The Morgan fingerprint density at radius 2 is 1.88 bits per heavy atom. The van der Waals surface area contributed by atoms with Crippen molar-refractivity contribution in [3.63, 3.8) is 0 Å². The zero-order valence-corrected chi connectivity index (χ0v) is 13.7. The van der Waals surface area contributed by atoms with E-state index in [0.29, 0.717) is 24.4 Å². The summed E-state index contributed by atoms with van der Waals surface area (Å²) in [4.78, 5) is 28.3. The van der Waals surface area contributed by atoms with E-state index in [9.17, 15) is 9.59 Å². The highest BCUT2D eigenvalue weighted by molar-refractivity contribution is 6.05. The van der Waals surface area contributed by atoms with Crippen molar-refractivity contribution in [2.75, 3.05) is 13.7 Å². The zero-order valence-electron chi connectivity index (χ0n) is 13.7. The summed E-state index contributed by atoms with van der Waals surface area (Å²) in [6.07, 6.45) is 1.73. The van der Waals surface area contributed by atoms with Gasteiger partial charge in [0.05, 0.1) is 30.0 Å². The number of hydrogen-bond donors (Lipinski definition) is 2. The van der Waals surface area contributed by atoms with Gasteiger partial charge in [-0.3, -0.25) is 10.1 Å². The second-order valence-corrected chi connectivity index (χ2v) is 5.34. The Morgan fingerprint density at radius 3 is 2.72 bits per heavy atom. The minimum absolute atomic E-state index is 0.306. The first kappa shape index (κ1) is 16.5. The zero-order chi connectivity index (χ0) is 17.6. The van der Waals surface area contributed by atoms with E-state index in [4.69, 9.17) is 4.74 Å². The maximum atomic E-state index is 12.1. The molecule has 0 spiro atoms. The number of nitrogens with zero attached hydrogens (tertiary/aromatic N) is 2. The lowest BCUT2D eigenvalue weighted by molar-refractivity contribution is 0.0961. The number of carbonyl (C=O) groups excluding carboxylic acids is 2. The smallest absolute Gasteiger partial charge is 0.321 e. The number of para-hydroxylation sites is 3. The summed E-state index contributed by atoms with van der Waals surface area (Å²) in [7, 11) is 1.47. The number of carbonyl (C=O) groups is 2. The number of ether oxygens (including phenoxy) is 1. The maximum absolute atomic E-state index is 12.1.